The fraction of sp³-hybridized carbons (Fsp3) is 0.435. The topological polar surface area (TPSA) is 75.4 Å². The molecule has 4 nitrogen and oxygen atoms in total. The van der Waals surface area contributed by atoms with Gasteiger partial charge in [-0.05, 0) is 29.4 Å². The van der Waals surface area contributed by atoms with Gasteiger partial charge in [-0.15, -0.1) is 0 Å². The number of benzene rings is 2. The summed E-state index contributed by atoms with van der Waals surface area (Å²) in [7, 11) is 0. The molecule has 0 aliphatic rings. The highest BCUT2D eigenvalue weighted by atomic mass is 16.3. The monoisotopic (exact) mass is 368 g/mol. The van der Waals surface area contributed by atoms with Crippen molar-refractivity contribution in [1.82, 2.24) is 5.32 Å². The summed E-state index contributed by atoms with van der Waals surface area (Å²) in [4.78, 5) is 12.8. The van der Waals surface area contributed by atoms with Crippen molar-refractivity contribution in [2.45, 2.75) is 51.8 Å². The van der Waals surface area contributed by atoms with E-state index in [-0.39, 0.29) is 11.8 Å². The number of amides is 1. The molecular formula is C23H32N2O2. The van der Waals surface area contributed by atoms with Gasteiger partial charge in [-0.3, -0.25) is 4.79 Å². The summed E-state index contributed by atoms with van der Waals surface area (Å²) in [6.45, 7) is 8.07. The van der Waals surface area contributed by atoms with Crippen molar-refractivity contribution >= 4 is 5.91 Å². The highest BCUT2D eigenvalue weighted by Crippen LogP contribution is 2.36. The predicted octanol–water partition coefficient (Wildman–Crippen LogP) is 3.44. The van der Waals surface area contributed by atoms with E-state index in [9.17, 15) is 9.90 Å². The molecule has 4 N–H and O–H groups in total. The van der Waals surface area contributed by atoms with Crippen LogP contribution < -0.4 is 11.1 Å². The van der Waals surface area contributed by atoms with Gasteiger partial charge in [0.25, 0.3) is 0 Å². The Morgan fingerprint density at radius 1 is 0.963 bits per heavy atom. The highest BCUT2D eigenvalue weighted by molar-refractivity contribution is 5.82. The van der Waals surface area contributed by atoms with Gasteiger partial charge in [0.05, 0.1) is 12.1 Å². The van der Waals surface area contributed by atoms with Crippen LogP contribution in [0.3, 0.4) is 0 Å². The van der Waals surface area contributed by atoms with Crippen LogP contribution in [0.2, 0.25) is 0 Å². The van der Waals surface area contributed by atoms with E-state index in [1.54, 1.807) is 0 Å². The predicted molar refractivity (Wildman–Crippen MR) is 110 cm³/mol. The van der Waals surface area contributed by atoms with Crippen LogP contribution in [0.5, 0.6) is 0 Å². The number of rotatable bonds is 8. The second kappa shape index (κ2) is 9.16. The molecule has 1 amide bonds. The number of hydrogen-bond acceptors (Lipinski definition) is 3. The van der Waals surface area contributed by atoms with Crippen molar-refractivity contribution < 1.29 is 9.90 Å². The molecule has 0 bridgehead atoms. The summed E-state index contributed by atoms with van der Waals surface area (Å²) in [6.07, 6.45) is 0.603. The van der Waals surface area contributed by atoms with E-state index in [4.69, 9.17) is 5.73 Å². The quantitative estimate of drug-likeness (QED) is 0.668. The maximum atomic E-state index is 12.8. The molecule has 2 atom stereocenters. The maximum Gasteiger partial charge on any atom is 0.237 e. The maximum absolute atomic E-state index is 12.8. The molecule has 27 heavy (non-hydrogen) atoms. The first-order valence-corrected chi connectivity index (χ1v) is 9.66. The number of nitrogens with two attached hydrogens (primary N) is 1. The lowest BCUT2D eigenvalue weighted by Gasteiger charge is -2.40. The van der Waals surface area contributed by atoms with Gasteiger partial charge in [-0.2, -0.15) is 0 Å². The molecule has 0 aromatic heterocycles. The molecule has 0 aliphatic heterocycles. The van der Waals surface area contributed by atoms with E-state index in [1.807, 2.05) is 88.4 Å². The van der Waals surface area contributed by atoms with E-state index < -0.39 is 17.7 Å². The van der Waals surface area contributed by atoms with Gasteiger partial charge in [0, 0.05) is 0 Å². The molecule has 0 heterocycles. The molecule has 0 spiro atoms. The molecule has 0 radical (unpaired) electrons. The zero-order chi connectivity index (χ0) is 20.0. The Bertz CT molecular complexity index is 674. The minimum absolute atomic E-state index is 0.00869. The smallest absolute Gasteiger partial charge is 0.237 e. The molecule has 0 saturated carbocycles. The van der Waals surface area contributed by atoms with E-state index in [0.29, 0.717) is 12.3 Å². The third-order valence-electron chi connectivity index (χ3n) is 4.90. The van der Waals surface area contributed by atoms with Crippen molar-refractivity contribution in [2.75, 3.05) is 0 Å². The lowest BCUT2D eigenvalue weighted by Crippen LogP contribution is -2.57. The Labute approximate surface area is 162 Å². The van der Waals surface area contributed by atoms with Crippen LogP contribution in [0, 0.1) is 11.8 Å². The van der Waals surface area contributed by atoms with E-state index >= 15 is 0 Å². The van der Waals surface area contributed by atoms with Crippen molar-refractivity contribution in [2.24, 2.45) is 17.6 Å². The molecule has 0 saturated heterocycles. The summed E-state index contributed by atoms with van der Waals surface area (Å²) < 4.78 is 0. The Hall–Kier alpha value is -2.17. The van der Waals surface area contributed by atoms with Gasteiger partial charge in [0.2, 0.25) is 5.91 Å². The summed E-state index contributed by atoms with van der Waals surface area (Å²) in [5.74, 6) is 0.0867. The van der Waals surface area contributed by atoms with Gasteiger partial charge >= 0.3 is 0 Å². The van der Waals surface area contributed by atoms with Crippen LogP contribution in [-0.4, -0.2) is 23.1 Å². The summed E-state index contributed by atoms with van der Waals surface area (Å²) in [6, 6.07) is 17.9. The first-order chi connectivity index (χ1) is 12.8. The highest BCUT2D eigenvalue weighted by Gasteiger charge is 2.43. The summed E-state index contributed by atoms with van der Waals surface area (Å²) >= 11 is 0. The van der Waals surface area contributed by atoms with Crippen molar-refractivity contribution in [3.63, 3.8) is 0 Å². The van der Waals surface area contributed by atoms with Gasteiger partial charge in [-0.25, -0.2) is 0 Å². The zero-order valence-electron chi connectivity index (χ0n) is 16.7. The normalized spacial score (nSPS) is 14.2. The minimum Gasteiger partial charge on any atom is -0.378 e. The first-order valence-electron chi connectivity index (χ1n) is 9.66. The summed E-state index contributed by atoms with van der Waals surface area (Å²) in [5.41, 5.74) is 6.22. The SMILES string of the molecule is CC(C)C[C@H](N)C(=O)N[C@@H](C(C)C)C(O)(c1ccccc1)c1ccccc1. The van der Waals surface area contributed by atoms with Crippen LogP contribution in [0.15, 0.2) is 60.7 Å². The second-order valence-electron chi connectivity index (χ2n) is 7.96. The minimum atomic E-state index is -1.36. The molecule has 0 fully saturated rings. The number of hydrogen-bond donors (Lipinski definition) is 3. The number of carbonyl (C=O) groups excluding carboxylic acids is 1. The van der Waals surface area contributed by atoms with E-state index in [1.165, 1.54) is 0 Å². The average molecular weight is 369 g/mol. The Balaban J connectivity index is 2.46. The van der Waals surface area contributed by atoms with Crippen molar-refractivity contribution in [3.05, 3.63) is 71.8 Å². The molecule has 2 rings (SSSR count). The fourth-order valence-electron chi connectivity index (χ4n) is 3.54. The average Bonchev–Trinajstić information content (AvgIpc) is 2.66. The second-order valence-corrected chi connectivity index (χ2v) is 7.96. The van der Waals surface area contributed by atoms with E-state index in [2.05, 4.69) is 5.32 Å². The zero-order valence-corrected chi connectivity index (χ0v) is 16.7. The van der Waals surface area contributed by atoms with Crippen LogP contribution in [0.25, 0.3) is 0 Å². The molecule has 2 aromatic rings. The van der Waals surface area contributed by atoms with Crippen LogP contribution >= 0.6 is 0 Å². The lowest BCUT2D eigenvalue weighted by atomic mass is 9.75. The van der Waals surface area contributed by atoms with Crippen molar-refractivity contribution in [1.29, 1.82) is 0 Å². The number of nitrogens with one attached hydrogen (secondary N) is 1. The third-order valence-corrected chi connectivity index (χ3v) is 4.90. The molecule has 4 heteroatoms. The van der Waals surface area contributed by atoms with Gasteiger partial charge in [0.1, 0.15) is 5.60 Å². The summed E-state index contributed by atoms with van der Waals surface area (Å²) in [5, 5.41) is 15.0. The molecule has 0 aliphatic carbocycles. The van der Waals surface area contributed by atoms with Crippen LogP contribution in [-0.2, 0) is 10.4 Å². The van der Waals surface area contributed by atoms with Crippen molar-refractivity contribution in [3.8, 4) is 0 Å². The van der Waals surface area contributed by atoms with Crippen LogP contribution in [0.1, 0.15) is 45.2 Å². The largest absolute Gasteiger partial charge is 0.378 e. The lowest BCUT2D eigenvalue weighted by molar-refractivity contribution is -0.126. The number of carbonyl (C=O) groups is 1. The standard InChI is InChI=1S/C23H32N2O2/c1-16(2)15-20(24)22(26)25-21(17(3)4)23(27,18-11-7-5-8-12-18)19-13-9-6-10-14-19/h5-14,16-17,20-21,27H,15,24H2,1-4H3,(H,25,26)/t20-,21-/m0/s1. The third kappa shape index (κ3) is 4.96. The molecule has 2 aromatic carbocycles. The Morgan fingerprint density at radius 2 is 1.41 bits per heavy atom. The fourth-order valence-corrected chi connectivity index (χ4v) is 3.54. The first kappa shape index (κ1) is 21.1. The molecule has 0 unspecified atom stereocenters. The van der Waals surface area contributed by atoms with Gasteiger partial charge in [-0.1, -0.05) is 88.4 Å². The van der Waals surface area contributed by atoms with Crippen LogP contribution in [0.4, 0.5) is 0 Å². The molecule has 146 valence electrons. The van der Waals surface area contributed by atoms with E-state index in [0.717, 1.165) is 11.1 Å². The van der Waals surface area contributed by atoms with Gasteiger partial charge < -0.3 is 16.2 Å². The Kier molecular flexibility index (Phi) is 7.17. The number of aliphatic hydroxyl groups is 1. The Morgan fingerprint density at radius 3 is 1.78 bits per heavy atom. The molecular weight excluding hydrogens is 336 g/mol. The van der Waals surface area contributed by atoms with Gasteiger partial charge in [0.15, 0.2) is 0 Å².